The Morgan fingerprint density at radius 2 is 1.96 bits per heavy atom. The summed E-state index contributed by atoms with van der Waals surface area (Å²) in [5, 5.41) is 4.46. The van der Waals surface area contributed by atoms with Crippen molar-refractivity contribution in [1.29, 1.82) is 0 Å². The van der Waals surface area contributed by atoms with Crippen molar-refractivity contribution >= 4 is 5.91 Å². The Labute approximate surface area is 157 Å². The molecule has 0 bridgehead atoms. The molecule has 2 rings (SSSR count). The summed E-state index contributed by atoms with van der Waals surface area (Å²) in [5.74, 6) is -0.229. The van der Waals surface area contributed by atoms with Crippen LogP contribution in [0.5, 0.6) is 11.5 Å². The third kappa shape index (κ3) is 4.75. The Balaban J connectivity index is 2.23. The van der Waals surface area contributed by atoms with Gasteiger partial charge in [0, 0.05) is 37.0 Å². The third-order valence-corrected chi connectivity index (χ3v) is 4.28. The summed E-state index contributed by atoms with van der Waals surface area (Å²) in [6, 6.07) is 4.20. The van der Waals surface area contributed by atoms with Gasteiger partial charge in [0.25, 0.3) is 5.91 Å². The topological polar surface area (TPSA) is 56.6 Å². The second kappa shape index (κ2) is 8.83. The summed E-state index contributed by atoms with van der Waals surface area (Å²) >= 11 is 0. The molecule has 0 aliphatic carbocycles. The van der Waals surface area contributed by atoms with Gasteiger partial charge in [-0.2, -0.15) is 13.9 Å². The first-order valence-corrected chi connectivity index (χ1v) is 8.78. The van der Waals surface area contributed by atoms with E-state index < -0.39 is 6.61 Å². The molecule has 0 aliphatic heterocycles. The second-order valence-corrected chi connectivity index (χ2v) is 6.10. The normalized spacial score (nSPS) is 11.0. The van der Waals surface area contributed by atoms with Crippen molar-refractivity contribution in [3.05, 3.63) is 40.7 Å². The maximum atomic E-state index is 12.8. The van der Waals surface area contributed by atoms with E-state index in [-0.39, 0.29) is 24.0 Å². The molecule has 148 valence electrons. The highest BCUT2D eigenvalue weighted by Gasteiger charge is 2.19. The van der Waals surface area contributed by atoms with Crippen molar-refractivity contribution in [1.82, 2.24) is 14.7 Å². The average Bonchev–Trinajstić information content (AvgIpc) is 2.89. The van der Waals surface area contributed by atoms with Gasteiger partial charge < -0.3 is 14.4 Å². The SMILES string of the molecule is CCOc1cc(C(=O)N(C)Cc2c(C)nn(CC)c2C)ccc1OC(F)F. The van der Waals surface area contributed by atoms with Gasteiger partial charge in [-0.25, -0.2) is 0 Å². The van der Waals surface area contributed by atoms with Gasteiger partial charge in [-0.05, 0) is 45.9 Å². The second-order valence-electron chi connectivity index (χ2n) is 6.10. The summed E-state index contributed by atoms with van der Waals surface area (Å²) in [5.41, 5.74) is 3.23. The maximum absolute atomic E-state index is 12.8. The minimum absolute atomic E-state index is 0.0954. The number of aromatic nitrogens is 2. The van der Waals surface area contributed by atoms with E-state index in [9.17, 15) is 13.6 Å². The summed E-state index contributed by atoms with van der Waals surface area (Å²) in [4.78, 5) is 14.4. The van der Waals surface area contributed by atoms with Gasteiger partial charge in [0.05, 0.1) is 12.3 Å². The molecule has 0 fully saturated rings. The van der Waals surface area contributed by atoms with Crippen molar-refractivity contribution in [2.75, 3.05) is 13.7 Å². The predicted octanol–water partition coefficient (Wildman–Crippen LogP) is 3.79. The fourth-order valence-electron chi connectivity index (χ4n) is 2.90. The van der Waals surface area contributed by atoms with Crippen LogP contribution in [0.3, 0.4) is 0 Å². The number of carbonyl (C=O) groups excluding carboxylic acids is 1. The number of rotatable bonds is 8. The molecule has 0 saturated carbocycles. The molecule has 0 radical (unpaired) electrons. The zero-order valence-electron chi connectivity index (χ0n) is 16.3. The molecule has 0 unspecified atom stereocenters. The van der Waals surface area contributed by atoms with Crippen LogP contribution in [0.4, 0.5) is 8.78 Å². The minimum Gasteiger partial charge on any atom is -0.490 e. The third-order valence-electron chi connectivity index (χ3n) is 4.28. The number of carbonyl (C=O) groups is 1. The van der Waals surface area contributed by atoms with E-state index in [4.69, 9.17) is 4.74 Å². The summed E-state index contributed by atoms with van der Waals surface area (Å²) < 4.78 is 36.7. The van der Waals surface area contributed by atoms with Crippen LogP contribution in [-0.2, 0) is 13.1 Å². The fraction of sp³-hybridized carbons (Fsp3) is 0.474. The van der Waals surface area contributed by atoms with Crippen molar-refractivity contribution < 1.29 is 23.0 Å². The lowest BCUT2D eigenvalue weighted by Crippen LogP contribution is -2.26. The maximum Gasteiger partial charge on any atom is 0.387 e. The van der Waals surface area contributed by atoms with E-state index >= 15 is 0 Å². The molecule has 1 heterocycles. The van der Waals surface area contributed by atoms with Gasteiger partial charge in [-0.1, -0.05) is 0 Å². The minimum atomic E-state index is -2.96. The van der Waals surface area contributed by atoms with E-state index in [1.54, 1.807) is 18.9 Å². The van der Waals surface area contributed by atoms with Crippen LogP contribution in [-0.4, -0.2) is 40.9 Å². The average molecular weight is 381 g/mol. The number of amides is 1. The van der Waals surface area contributed by atoms with Gasteiger partial charge in [-0.3, -0.25) is 9.48 Å². The van der Waals surface area contributed by atoms with Crippen LogP contribution in [0.25, 0.3) is 0 Å². The molecule has 6 nitrogen and oxygen atoms in total. The van der Waals surface area contributed by atoms with Crippen LogP contribution in [0.2, 0.25) is 0 Å². The summed E-state index contributed by atoms with van der Waals surface area (Å²) in [7, 11) is 1.69. The number of benzene rings is 1. The molecule has 0 saturated heterocycles. The van der Waals surface area contributed by atoms with Crippen molar-refractivity contribution in [2.24, 2.45) is 0 Å². The van der Waals surface area contributed by atoms with Crippen LogP contribution < -0.4 is 9.47 Å². The predicted molar refractivity (Wildman–Crippen MR) is 97.4 cm³/mol. The molecule has 8 heteroatoms. The zero-order valence-corrected chi connectivity index (χ0v) is 16.3. The highest BCUT2D eigenvalue weighted by molar-refractivity contribution is 5.94. The van der Waals surface area contributed by atoms with E-state index in [0.717, 1.165) is 23.5 Å². The van der Waals surface area contributed by atoms with Crippen molar-refractivity contribution in [3.8, 4) is 11.5 Å². The van der Waals surface area contributed by atoms with E-state index in [0.29, 0.717) is 12.1 Å². The van der Waals surface area contributed by atoms with Crippen LogP contribution in [0.15, 0.2) is 18.2 Å². The Morgan fingerprint density at radius 3 is 2.52 bits per heavy atom. The molecule has 2 aromatic rings. The van der Waals surface area contributed by atoms with Gasteiger partial charge in [0.1, 0.15) is 0 Å². The first-order chi connectivity index (χ1) is 12.8. The van der Waals surface area contributed by atoms with Crippen LogP contribution >= 0.6 is 0 Å². The Morgan fingerprint density at radius 1 is 1.26 bits per heavy atom. The van der Waals surface area contributed by atoms with Gasteiger partial charge >= 0.3 is 6.61 Å². The lowest BCUT2D eigenvalue weighted by atomic mass is 10.1. The number of nitrogens with zero attached hydrogens (tertiary/aromatic N) is 3. The first-order valence-electron chi connectivity index (χ1n) is 8.78. The number of aryl methyl sites for hydroxylation is 2. The largest absolute Gasteiger partial charge is 0.490 e. The molecule has 27 heavy (non-hydrogen) atoms. The molecule has 1 aromatic carbocycles. The molecule has 0 aliphatic rings. The van der Waals surface area contributed by atoms with Crippen molar-refractivity contribution in [3.63, 3.8) is 0 Å². The fourth-order valence-corrected chi connectivity index (χ4v) is 2.90. The molecular weight excluding hydrogens is 356 g/mol. The molecule has 1 amide bonds. The van der Waals surface area contributed by atoms with Gasteiger partial charge in [0.2, 0.25) is 0 Å². The Hall–Kier alpha value is -2.64. The highest BCUT2D eigenvalue weighted by atomic mass is 19.3. The number of ether oxygens (including phenoxy) is 2. The molecule has 0 N–H and O–H groups in total. The smallest absolute Gasteiger partial charge is 0.387 e. The number of halogens is 2. The molecule has 1 aromatic heterocycles. The monoisotopic (exact) mass is 381 g/mol. The quantitative estimate of drug-likeness (QED) is 0.698. The van der Waals surface area contributed by atoms with Crippen LogP contribution in [0, 0.1) is 13.8 Å². The number of hydrogen-bond acceptors (Lipinski definition) is 4. The number of hydrogen-bond donors (Lipinski definition) is 0. The molecule has 0 atom stereocenters. The molecular formula is C19H25F2N3O3. The van der Waals surface area contributed by atoms with Crippen molar-refractivity contribution in [2.45, 2.75) is 47.4 Å². The summed E-state index contributed by atoms with van der Waals surface area (Å²) in [6.45, 7) is 6.08. The van der Waals surface area contributed by atoms with E-state index in [2.05, 4.69) is 9.84 Å². The van der Waals surface area contributed by atoms with E-state index in [1.165, 1.54) is 18.2 Å². The lowest BCUT2D eigenvalue weighted by Gasteiger charge is -2.19. The lowest BCUT2D eigenvalue weighted by molar-refractivity contribution is -0.0514. The first kappa shape index (κ1) is 20.7. The summed E-state index contributed by atoms with van der Waals surface area (Å²) in [6.07, 6.45) is 0. The molecule has 0 spiro atoms. The Kier molecular flexibility index (Phi) is 6.76. The number of alkyl halides is 2. The highest BCUT2D eigenvalue weighted by Crippen LogP contribution is 2.30. The van der Waals surface area contributed by atoms with E-state index in [1.807, 2.05) is 25.5 Å². The van der Waals surface area contributed by atoms with Crippen LogP contribution in [0.1, 0.15) is 41.2 Å². The van der Waals surface area contributed by atoms with Gasteiger partial charge in [-0.15, -0.1) is 0 Å². The standard InChI is InChI=1S/C19H25F2N3O3/c1-6-24-13(4)15(12(3)22-24)11-23(5)18(25)14-8-9-16(27-19(20)21)17(10-14)26-7-2/h8-10,19H,6-7,11H2,1-5H3. The Bertz CT molecular complexity index is 806. The van der Waals surface area contributed by atoms with Gasteiger partial charge in [0.15, 0.2) is 11.5 Å². The zero-order chi connectivity index (χ0) is 20.1.